The van der Waals surface area contributed by atoms with Crippen molar-refractivity contribution in [2.75, 3.05) is 6.61 Å². The Morgan fingerprint density at radius 3 is 2.87 bits per heavy atom. The molecule has 5 heteroatoms. The summed E-state index contributed by atoms with van der Waals surface area (Å²) in [7, 11) is 0. The van der Waals surface area contributed by atoms with E-state index in [1.807, 2.05) is 11.6 Å². The van der Waals surface area contributed by atoms with Crippen LogP contribution in [0, 0.1) is 11.3 Å². The molecule has 1 aromatic heterocycles. The van der Waals surface area contributed by atoms with Crippen LogP contribution in [0.3, 0.4) is 0 Å². The summed E-state index contributed by atoms with van der Waals surface area (Å²) in [6.45, 7) is 3.01. The maximum atomic E-state index is 8.67. The molecule has 0 radical (unpaired) electrons. The van der Waals surface area contributed by atoms with E-state index in [0.717, 1.165) is 37.2 Å². The van der Waals surface area contributed by atoms with Crippen molar-refractivity contribution in [3.05, 3.63) is 11.4 Å². The number of nitrogens with zero attached hydrogens (tertiary/aromatic N) is 4. The predicted molar refractivity (Wildman–Crippen MR) is 55.0 cm³/mol. The molecule has 0 amide bonds. The number of aromatic nitrogens is 3. The van der Waals surface area contributed by atoms with Gasteiger partial charge in [0, 0.05) is 13.2 Å². The van der Waals surface area contributed by atoms with Crippen LogP contribution < -0.4 is 0 Å². The van der Waals surface area contributed by atoms with Crippen molar-refractivity contribution in [2.24, 2.45) is 0 Å². The van der Waals surface area contributed by atoms with Crippen molar-refractivity contribution in [2.45, 2.75) is 39.2 Å². The van der Waals surface area contributed by atoms with Gasteiger partial charge in [-0.2, -0.15) is 5.26 Å². The maximum Gasteiger partial charge on any atom is 0.0999 e. The Labute approximate surface area is 89.3 Å². The highest BCUT2D eigenvalue weighted by Crippen LogP contribution is 2.08. The summed E-state index contributed by atoms with van der Waals surface area (Å²) in [6, 6.07) is 2.08. The van der Waals surface area contributed by atoms with Crippen molar-refractivity contribution in [3.63, 3.8) is 0 Å². The minimum Gasteiger partial charge on any atom is -0.396 e. The lowest BCUT2D eigenvalue weighted by molar-refractivity contribution is 0.279. The van der Waals surface area contributed by atoms with Crippen LogP contribution in [0.4, 0.5) is 0 Å². The van der Waals surface area contributed by atoms with Gasteiger partial charge in [0.1, 0.15) is 0 Å². The van der Waals surface area contributed by atoms with Gasteiger partial charge in [-0.3, -0.25) is 0 Å². The molecule has 0 aliphatic carbocycles. The smallest absolute Gasteiger partial charge is 0.0999 e. The molecule has 0 fully saturated rings. The Morgan fingerprint density at radius 1 is 1.47 bits per heavy atom. The van der Waals surface area contributed by atoms with Gasteiger partial charge in [-0.15, -0.1) is 5.10 Å². The van der Waals surface area contributed by atoms with E-state index in [0.29, 0.717) is 6.42 Å². The van der Waals surface area contributed by atoms with Crippen LogP contribution >= 0.6 is 0 Å². The molecule has 0 aliphatic rings. The number of hydrogen-bond donors (Lipinski definition) is 1. The fourth-order valence-electron chi connectivity index (χ4n) is 1.52. The second-order valence-electron chi connectivity index (χ2n) is 3.33. The molecule has 0 bridgehead atoms. The standard InChI is InChI=1S/C10H16N4O/c1-2-10-9(5-6-11)12-13-14(10)7-3-4-8-15/h15H,2-5,7-8H2,1H3. The number of aliphatic hydroxyl groups is 1. The van der Waals surface area contributed by atoms with Crippen molar-refractivity contribution in [1.82, 2.24) is 15.0 Å². The van der Waals surface area contributed by atoms with Crippen molar-refractivity contribution in [3.8, 4) is 6.07 Å². The summed E-state index contributed by atoms with van der Waals surface area (Å²) in [6.07, 6.45) is 2.82. The molecular formula is C10H16N4O. The zero-order valence-electron chi connectivity index (χ0n) is 8.98. The van der Waals surface area contributed by atoms with E-state index in [4.69, 9.17) is 10.4 Å². The molecule has 0 spiro atoms. The number of nitriles is 1. The van der Waals surface area contributed by atoms with Gasteiger partial charge in [0.15, 0.2) is 0 Å². The highest BCUT2D eigenvalue weighted by Gasteiger charge is 2.09. The van der Waals surface area contributed by atoms with Gasteiger partial charge >= 0.3 is 0 Å². The monoisotopic (exact) mass is 208 g/mol. The molecule has 1 N–H and O–H groups in total. The Balaban J connectivity index is 2.67. The van der Waals surface area contributed by atoms with Crippen LogP contribution in [-0.2, 0) is 19.4 Å². The number of unbranched alkanes of at least 4 members (excludes halogenated alkanes) is 1. The first-order chi connectivity index (χ1) is 7.33. The Hall–Kier alpha value is -1.41. The van der Waals surface area contributed by atoms with Crippen molar-refractivity contribution < 1.29 is 5.11 Å². The topological polar surface area (TPSA) is 74.7 Å². The molecule has 15 heavy (non-hydrogen) atoms. The molecule has 0 atom stereocenters. The van der Waals surface area contributed by atoms with E-state index < -0.39 is 0 Å². The Morgan fingerprint density at radius 2 is 2.27 bits per heavy atom. The average Bonchev–Trinajstić information content (AvgIpc) is 2.62. The third-order valence-electron chi connectivity index (χ3n) is 2.28. The third kappa shape index (κ3) is 3.03. The second kappa shape index (κ2) is 6.14. The summed E-state index contributed by atoms with van der Waals surface area (Å²) in [5.74, 6) is 0. The van der Waals surface area contributed by atoms with Crippen LogP contribution in [0.1, 0.15) is 31.2 Å². The molecular weight excluding hydrogens is 192 g/mol. The SMILES string of the molecule is CCc1c(CC#N)nnn1CCCCO. The lowest BCUT2D eigenvalue weighted by Gasteiger charge is -2.04. The van der Waals surface area contributed by atoms with Gasteiger partial charge in [0.2, 0.25) is 0 Å². The number of hydrogen-bond acceptors (Lipinski definition) is 4. The minimum atomic E-state index is 0.210. The van der Waals surface area contributed by atoms with Crippen LogP contribution in [-0.4, -0.2) is 26.7 Å². The molecule has 1 aromatic rings. The Bertz CT molecular complexity index is 340. The zero-order chi connectivity index (χ0) is 11.1. The van der Waals surface area contributed by atoms with Gasteiger partial charge < -0.3 is 5.11 Å². The van der Waals surface area contributed by atoms with E-state index in [9.17, 15) is 0 Å². The highest BCUT2D eigenvalue weighted by atomic mass is 16.2. The largest absolute Gasteiger partial charge is 0.396 e. The molecule has 5 nitrogen and oxygen atoms in total. The third-order valence-corrected chi connectivity index (χ3v) is 2.28. The van der Waals surface area contributed by atoms with E-state index in [-0.39, 0.29) is 6.61 Å². The summed E-state index contributed by atoms with van der Waals surface area (Å²) < 4.78 is 1.84. The van der Waals surface area contributed by atoms with Gasteiger partial charge in [0.25, 0.3) is 0 Å². The lowest BCUT2D eigenvalue weighted by atomic mass is 10.2. The number of aryl methyl sites for hydroxylation is 1. The predicted octanol–water partition coefficient (Wildman–Crippen LogP) is 0.679. The van der Waals surface area contributed by atoms with Gasteiger partial charge in [-0.25, -0.2) is 4.68 Å². The number of aliphatic hydroxyl groups excluding tert-OH is 1. The quantitative estimate of drug-likeness (QED) is 0.697. The molecule has 0 saturated heterocycles. The van der Waals surface area contributed by atoms with E-state index >= 15 is 0 Å². The average molecular weight is 208 g/mol. The van der Waals surface area contributed by atoms with Gasteiger partial charge in [-0.05, 0) is 19.3 Å². The number of rotatable bonds is 6. The van der Waals surface area contributed by atoms with Gasteiger partial charge in [-0.1, -0.05) is 12.1 Å². The fraction of sp³-hybridized carbons (Fsp3) is 0.700. The van der Waals surface area contributed by atoms with Crippen LogP contribution in [0.15, 0.2) is 0 Å². The van der Waals surface area contributed by atoms with Crippen molar-refractivity contribution >= 4 is 0 Å². The fourth-order valence-corrected chi connectivity index (χ4v) is 1.52. The molecule has 82 valence electrons. The molecule has 0 aliphatic heterocycles. The highest BCUT2D eigenvalue weighted by molar-refractivity contribution is 5.13. The summed E-state index contributed by atoms with van der Waals surface area (Å²) in [4.78, 5) is 0. The summed E-state index contributed by atoms with van der Waals surface area (Å²) >= 11 is 0. The van der Waals surface area contributed by atoms with E-state index in [1.165, 1.54) is 0 Å². The van der Waals surface area contributed by atoms with Gasteiger partial charge in [0.05, 0.1) is 23.9 Å². The van der Waals surface area contributed by atoms with Crippen LogP contribution in [0.5, 0.6) is 0 Å². The van der Waals surface area contributed by atoms with E-state index in [1.54, 1.807) is 0 Å². The maximum absolute atomic E-state index is 8.67. The molecule has 0 unspecified atom stereocenters. The second-order valence-corrected chi connectivity index (χ2v) is 3.33. The lowest BCUT2D eigenvalue weighted by Crippen LogP contribution is -2.06. The Kier molecular flexibility index (Phi) is 4.78. The van der Waals surface area contributed by atoms with Crippen molar-refractivity contribution in [1.29, 1.82) is 5.26 Å². The van der Waals surface area contributed by atoms with Crippen LogP contribution in [0.25, 0.3) is 0 Å². The molecule has 0 aromatic carbocycles. The normalized spacial score (nSPS) is 10.2. The first kappa shape index (κ1) is 11.7. The summed E-state index contributed by atoms with van der Waals surface area (Å²) in [5.41, 5.74) is 1.82. The first-order valence-electron chi connectivity index (χ1n) is 5.22. The first-order valence-corrected chi connectivity index (χ1v) is 5.22. The zero-order valence-corrected chi connectivity index (χ0v) is 8.98. The minimum absolute atomic E-state index is 0.210. The summed E-state index contributed by atoms with van der Waals surface area (Å²) in [5, 5.41) is 25.3. The van der Waals surface area contributed by atoms with E-state index in [2.05, 4.69) is 16.4 Å². The molecule has 0 saturated carbocycles. The molecule has 1 heterocycles. The molecule has 1 rings (SSSR count). The van der Waals surface area contributed by atoms with Crippen LogP contribution in [0.2, 0.25) is 0 Å².